The molecular formula is C31H47N5O4Sn. The van der Waals surface area contributed by atoms with Gasteiger partial charge in [0.2, 0.25) is 0 Å². The van der Waals surface area contributed by atoms with Gasteiger partial charge in [0.05, 0.1) is 0 Å². The van der Waals surface area contributed by atoms with Crippen molar-refractivity contribution in [3.8, 4) is 5.88 Å². The van der Waals surface area contributed by atoms with Crippen molar-refractivity contribution in [2.24, 2.45) is 0 Å². The van der Waals surface area contributed by atoms with Gasteiger partial charge in [-0.2, -0.15) is 0 Å². The van der Waals surface area contributed by atoms with Gasteiger partial charge in [-0.3, -0.25) is 0 Å². The van der Waals surface area contributed by atoms with E-state index in [4.69, 9.17) is 9.47 Å². The molecule has 1 amide bonds. The Morgan fingerprint density at radius 2 is 1.61 bits per heavy atom. The van der Waals surface area contributed by atoms with Crippen LogP contribution < -0.4 is 13.6 Å². The molecule has 1 aromatic carbocycles. The van der Waals surface area contributed by atoms with Gasteiger partial charge in [-0.1, -0.05) is 0 Å². The van der Waals surface area contributed by atoms with Crippen LogP contribution >= 0.6 is 0 Å². The summed E-state index contributed by atoms with van der Waals surface area (Å²) in [6, 6.07) is 8.98. The van der Waals surface area contributed by atoms with Crippen LogP contribution in [0.4, 0.5) is 10.7 Å². The standard InChI is InChI=1S/C19H20N5O4.3C4H9.Sn/c1-12(25)21-17-22-15-14(20-11-24(15)18(26)28-19(2,3)4)16(23-17)27-10-13-8-6-5-7-9-13;3*1-3-4-2;/h5-6,8-9,11H,10H2,1-4H3,(H,21,22,23,25);3*1,3-4H2,2H3;. The van der Waals surface area contributed by atoms with Crippen LogP contribution in [-0.2, 0) is 16.1 Å². The van der Waals surface area contributed by atoms with Crippen LogP contribution in [0.1, 0.15) is 92.6 Å². The number of ether oxygens (including phenoxy) is 2. The first-order chi connectivity index (χ1) is 19.5. The van der Waals surface area contributed by atoms with E-state index in [1.165, 1.54) is 69.7 Å². The number of aromatic nitrogens is 4. The Bertz CT molecular complexity index is 1300. The van der Waals surface area contributed by atoms with Crippen LogP contribution in [0.3, 0.4) is 0 Å². The average molecular weight is 672 g/mol. The fraction of sp³-hybridized carbons (Fsp3) is 0.581. The van der Waals surface area contributed by atoms with E-state index in [0.29, 0.717) is 5.52 Å². The third-order valence-corrected chi connectivity index (χ3v) is 22.8. The van der Waals surface area contributed by atoms with Gasteiger partial charge in [0, 0.05) is 0 Å². The number of nitrogens with one attached hydrogen (secondary N) is 1. The van der Waals surface area contributed by atoms with E-state index in [0.717, 1.165) is 5.56 Å². The molecule has 2 heterocycles. The monoisotopic (exact) mass is 673 g/mol. The zero-order valence-corrected chi connectivity index (χ0v) is 28.7. The minimum atomic E-state index is -2.61. The van der Waals surface area contributed by atoms with E-state index in [-0.39, 0.29) is 30.0 Å². The summed E-state index contributed by atoms with van der Waals surface area (Å²) >= 11 is -2.61. The van der Waals surface area contributed by atoms with Gasteiger partial charge in [-0.05, 0) is 20.8 Å². The Hall–Kier alpha value is -2.69. The van der Waals surface area contributed by atoms with Crippen LogP contribution in [0.15, 0.2) is 30.6 Å². The number of unbranched alkanes of at least 4 members (excludes halogenated alkanes) is 3. The van der Waals surface area contributed by atoms with Crippen molar-refractivity contribution >= 4 is 51.1 Å². The second kappa shape index (κ2) is 15.0. The zero-order valence-electron chi connectivity index (χ0n) is 25.9. The van der Waals surface area contributed by atoms with Crippen molar-refractivity contribution < 1.29 is 19.1 Å². The Labute approximate surface area is 248 Å². The molecule has 0 aliphatic rings. The van der Waals surface area contributed by atoms with Crippen LogP contribution in [-0.4, -0.2) is 55.5 Å². The fourth-order valence-electron chi connectivity index (χ4n) is 5.13. The van der Waals surface area contributed by atoms with E-state index in [9.17, 15) is 9.59 Å². The summed E-state index contributed by atoms with van der Waals surface area (Å²) in [6.45, 7) is 13.9. The summed E-state index contributed by atoms with van der Waals surface area (Å²) < 4.78 is 18.7. The fourth-order valence-corrected chi connectivity index (χ4v) is 21.3. The summed E-state index contributed by atoms with van der Waals surface area (Å²) in [5.74, 6) is -0.0985. The molecule has 3 aromatic rings. The van der Waals surface area contributed by atoms with E-state index >= 15 is 0 Å². The molecule has 1 N–H and O–H groups in total. The van der Waals surface area contributed by atoms with E-state index in [2.05, 4.69) is 65.3 Å². The van der Waals surface area contributed by atoms with Crippen molar-refractivity contribution in [2.75, 3.05) is 5.32 Å². The summed E-state index contributed by atoms with van der Waals surface area (Å²) in [5, 5.41) is 2.60. The van der Waals surface area contributed by atoms with Crippen LogP contribution in [0.25, 0.3) is 11.2 Å². The van der Waals surface area contributed by atoms with Gasteiger partial charge in [0.1, 0.15) is 0 Å². The van der Waals surface area contributed by atoms with E-state index in [1.54, 1.807) is 24.4 Å². The first kappa shape index (κ1) is 32.8. The zero-order chi connectivity index (χ0) is 30.0. The minimum absolute atomic E-state index is 0.0352. The van der Waals surface area contributed by atoms with Crippen molar-refractivity contribution in [3.05, 3.63) is 36.2 Å². The SMILES string of the molecule is CCC[CH2][Sn]([CH2]CCC)([CH2]CCC)[c]1cccc(COc2nc(NC(C)=O)nc3c2ncn3C(=O)OC(C)(C)C)c1. The van der Waals surface area contributed by atoms with E-state index in [1.807, 2.05) is 0 Å². The van der Waals surface area contributed by atoms with Gasteiger partial charge >= 0.3 is 229 Å². The van der Waals surface area contributed by atoms with Gasteiger partial charge in [-0.25, -0.2) is 0 Å². The molecule has 0 saturated heterocycles. The number of rotatable bonds is 14. The molecular weight excluding hydrogens is 625 g/mol. The molecule has 10 heteroatoms. The molecule has 0 bridgehead atoms. The van der Waals surface area contributed by atoms with Crippen molar-refractivity contribution in [2.45, 2.75) is 113 Å². The molecule has 41 heavy (non-hydrogen) atoms. The number of imidazole rings is 1. The molecule has 0 atom stereocenters. The quantitative estimate of drug-likeness (QED) is 0.181. The number of hydrogen-bond donors (Lipinski definition) is 1. The molecule has 0 unspecified atom stereocenters. The average Bonchev–Trinajstić information content (AvgIpc) is 3.35. The number of amides is 1. The number of fused-ring (bicyclic) bond motifs is 1. The summed E-state index contributed by atoms with van der Waals surface area (Å²) in [6.07, 6.45) is 8.32. The van der Waals surface area contributed by atoms with Crippen LogP contribution in [0.5, 0.6) is 5.88 Å². The second-order valence-corrected chi connectivity index (χ2v) is 25.1. The summed E-state index contributed by atoms with van der Waals surface area (Å²) in [4.78, 5) is 37.8. The van der Waals surface area contributed by atoms with Crippen LogP contribution in [0.2, 0.25) is 13.3 Å². The molecule has 0 spiro atoms. The Morgan fingerprint density at radius 3 is 2.17 bits per heavy atom. The third-order valence-electron chi connectivity index (χ3n) is 7.18. The van der Waals surface area contributed by atoms with Gasteiger partial charge < -0.3 is 0 Å². The molecule has 0 aliphatic carbocycles. The number of anilines is 1. The second-order valence-electron chi connectivity index (χ2n) is 11.9. The molecule has 3 rings (SSSR count). The predicted octanol–water partition coefficient (Wildman–Crippen LogP) is 7.20. The number of benzene rings is 1. The van der Waals surface area contributed by atoms with Gasteiger partial charge in [0.15, 0.2) is 0 Å². The first-order valence-corrected chi connectivity index (χ1v) is 22.5. The van der Waals surface area contributed by atoms with E-state index < -0.39 is 30.1 Å². The van der Waals surface area contributed by atoms with Crippen molar-refractivity contribution in [1.82, 2.24) is 19.5 Å². The van der Waals surface area contributed by atoms with Crippen molar-refractivity contribution in [3.63, 3.8) is 0 Å². The molecule has 2 aromatic heterocycles. The maximum absolute atomic E-state index is 12.8. The van der Waals surface area contributed by atoms with Gasteiger partial charge in [-0.15, -0.1) is 0 Å². The number of nitrogens with zero attached hydrogens (tertiary/aromatic N) is 4. The number of carbonyl (C=O) groups excluding carboxylic acids is 2. The number of hydrogen-bond acceptors (Lipinski definition) is 7. The van der Waals surface area contributed by atoms with Crippen molar-refractivity contribution in [1.29, 1.82) is 0 Å². The Balaban J connectivity index is 1.96. The van der Waals surface area contributed by atoms with Gasteiger partial charge in [0.25, 0.3) is 0 Å². The molecule has 0 aliphatic heterocycles. The molecule has 0 radical (unpaired) electrons. The molecule has 224 valence electrons. The third kappa shape index (κ3) is 9.15. The molecule has 0 fully saturated rings. The Morgan fingerprint density at radius 1 is 0.976 bits per heavy atom. The number of carbonyl (C=O) groups is 2. The molecule has 0 saturated carbocycles. The Kier molecular flexibility index (Phi) is 12.0. The first-order valence-electron chi connectivity index (χ1n) is 15.0. The topological polar surface area (TPSA) is 108 Å². The summed E-state index contributed by atoms with van der Waals surface area (Å²) in [5.41, 5.74) is 0.906. The maximum atomic E-state index is 12.8. The summed E-state index contributed by atoms with van der Waals surface area (Å²) in [7, 11) is 0. The van der Waals surface area contributed by atoms with Crippen LogP contribution in [0, 0.1) is 0 Å². The normalized spacial score (nSPS) is 12.0. The predicted molar refractivity (Wildman–Crippen MR) is 167 cm³/mol. The molecule has 9 nitrogen and oxygen atoms in total.